The van der Waals surface area contributed by atoms with E-state index < -0.39 is 0 Å². The van der Waals surface area contributed by atoms with Gasteiger partial charge in [-0.3, -0.25) is 4.98 Å². The molecule has 62 valence electrons. The van der Waals surface area contributed by atoms with Crippen molar-refractivity contribution in [2.75, 3.05) is 0 Å². The van der Waals surface area contributed by atoms with Gasteiger partial charge in [-0.2, -0.15) is 5.26 Å². The third kappa shape index (κ3) is 2.28. The molecule has 0 aliphatic heterocycles. The monoisotopic (exact) mass is 352 g/mol. The second-order valence-corrected chi connectivity index (χ2v) is 4.70. The number of hydrogen-bond acceptors (Lipinski definition) is 2. The highest BCUT2D eigenvalue weighted by Crippen LogP contribution is 2.28. The lowest BCUT2D eigenvalue weighted by atomic mass is 10.3. The Morgan fingerprint density at radius 2 is 2.17 bits per heavy atom. The van der Waals surface area contributed by atoms with E-state index in [9.17, 15) is 0 Å². The SMILES string of the molecule is N#CC(Br)c1ncc(Br)cc1Br. The fraction of sp³-hybridized carbons (Fsp3) is 0.143. The summed E-state index contributed by atoms with van der Waals surface area (Å²) in [5, 5.41) is 8.61. The number of rotatable bonds is 1. The summed E-state index contributed by atoms with van der Waals surface area (Å²) in [4.78, 5) is 3.72. The van der Waals surface area contributed by atoms with Gasteiger partial charge in [0.25, 0.3) is 0 Å². The number of aromatic nitrogens is 1. The molecule has 0 N–H and O–H groups in total. The van der Waals surface area contributed by atoms with Crippen LogP contribution in [0.1, 0.15) is 10.5 Å². The molecule has 0 radical (unpaired) electrons. The van der Waals surface area contributed by atoms with Crippen LogP contribution in [0.5, 0.6) is 0 Å². The lowest BCUT2D eigenvalue weighted by Gasteiger charge is -2.02. The topological polar surface area (TPSA) is 36.7 Å². The molecule has 0 spiro atoms. The minimum absolute atomic E-state index is 0.361. The first-order valence-electron chi connectivity index (χ1n) is 2.99. The molecule has 0 amide bonds. The number of halogens is 3. The van der Waals surface area contributed by atoms with Crippen LogP contribution in [-0.2, 0) is 0 Å². The van der Waals surface area contributed by atoms with Crippen molar-refractivity contribution in [1.82, 2.24) is 4.98 Å². The number of nitrogens with zero attached hydrogens (tertiary/aromatic N) is 2. The zero-order valence-corrected chi connectivity index (χ0v) is 10.5. The molecule has 1 rings (SSSR count). The van der Waals surface area contributed by atoms with E-state index in [1.165, 1.54) is 0 Å². The van der Waals surface area contributed by atoms with E-state index in [0.717, 1.165) is 8.95 Å². The molecule has 1 aromatic rings. The predicted molar refractivity (Wildman–Crippen MR) is 56.9 cm³/mol. The Hall–Kier alpha value is 0.0800. The molecule has 0 saturated heterocycles. The molecular weight excluding hydrogens is 352 g/mol. The Kier molecular flexibility index (Phi) is 3.69. The van der Waals surface area contributed by atoms with Crippen LogP contribution >= 0.6 is 47.8 Å². The maximum atomic E-state index is 8.61. The Bertz CT molecular complexity index is 332. The van der Waals surface area contributed by atoms with Crippen molar-refractivity contribution in [3.63, 3.8) is 0 Å². The van der Waals surface area contributed by atoms with Gasteiger partial charge in [-0.05, 0) is 37.9 Å². The second-order valence-electron chi connectivity index (χ2n) is 2.01. The zero-order chi connectivity index (χ0) is 9.14. The van der Waals surface area contributed by atoms with Crippen LogP contribution in [0.2, 0.25) is 0 Å². The van der Waals surface area contributed by atoms with Crippen LogP contribution in [0.15, 0.2) is 21.2 Å². The fourth-order valence-corrected chi connectivity index (χ4v) is 2.56. The van der Waals surface area contributed by atoms with Crippen LogP contribution in [0.25, 0.3) is 0 Å². The van der Waals surface area contributed by atoms with Crippen LogP contribution in [0, 0.1) is 11.3 Å². The Balaban J connectivity index is 3.11. The van der Waals surface area contributed by atoms with Gasteiger partial charge in [0, 0.05) is 15.1 Å². The van der Waals surface area contributed by atoms with Gasteiger partial charge < -0.3 is 0 Å². The van der Waals surface area contributed by atoms with E-state index in [4.69, 9.17) is 5.26 Å². The summed E-state index contributed by atoms with van der Waals surface area (Å²) in [6.07, 6.45) is 1.66. The lowest BCUT2D eigenvalue weighted by molar-refractivity contribution is 1.08. The Morgan fingerprint density at radius 3 is 2.67 bits per heavy atom. The highest BCUT2D eigenvalue weighted by molar-refractivity contribution is 9.11. The van der Waals surface area contributed by atoms with Gasteiger partial charge in [0.15, 0.2) is 0 Å². The number of alkyl halides is 1. The molecule has 1 unspecified atom stereocenters. The number of pyridine rings is 1. The minimum atomic E-state index is -0.361. The summed E-state index contributed by atoms with van der Waals surface area (Å²) in [7, 11) is 0. The van der Waals surface area contributed by atoms with Gasteiger partial charge in [-0.1, -0.05) is 15.9 Å². The second kappa shape index (κ2) is 4.35. The molecule has 0 aromatic carbocycles. The molecule has 1 aromatic heterocycles. The molecule has 12 heavy (non-hydrogen) atoms. The summed E-state index contributed by atoms with van der Waals surface area (Å²) in [5.74, 6) is 0. The first kappa shape index (κ1) is 10.2. The van der Waals surface area contributed by atoms with Crippen LogP contribution in [0.3, 0.4) is 0 Å². The van der Waals surface area contributed by atoms with Crippen molar-refractivity contribution in [2.24, 2.45) is 0 Å². The smallest absolute Gasteiger partial charge is 0.144 e. The van der Waals surface area contributed by atoms with Crippen molar-refractivity contribution < 1.29 is 0 Å². The average molecular weight is 355 g/mol. The van der Waals surface area contributed by atoms with E-state index in [2.05, 4.69) is 58.8 Å². The van der Waals surface area contributed by atoms with Gasteiger partial charge in [-0.25, -0.2) is 0 Å². The largest absolute Gasteiger partial charge is 0.257 e. The molecule has 1 atom stereocenters. The van der Waals surface area contributed by atoms with Crippen molar-refractivity contribution in [2.45, 2.75) is 4.83 Å². The standard InChI is InChI=1S/C7H3Br3N2/c8-4-1-5(9)7(12-3-4)6(10)2-11/h1,3,6H. The van der Waals surface area contributed by atoms with Gasteiger partial charge in [-0.15, -0.1) is 0 Å². The molecule has 1 heterocycles. The fourth-order valence-electron chi connectivity index (χ4n) is 0.673. The van der Waals surface area contributed by atoms with Gasteiger partial charge in [0.1, 0.15) is 4.83 Å². The third-order valence-electron chi connectivity index (χ3n) is 1.19. The first-order chi connectivity index (χ1) is 5.65. The first-order valence-corrected chi connectivity index (χ1v) is 5.50. The lowest BCUT2D eigenvalue weighted by Crippen LogP contribution is -1.92. The molecule has 0 aliphatic carbocycles. The van der Waals surface area contributed by atoms with E-state index >= 15 is 0 Å². The summed E-state index contributed by atoms with van der Waals surface area (Å²) >= 11 is 9.78. The van der Waals surface area contributed by atoms with Crippen molar-refractivity contribution in [3.05, 3.63) is 26.9 Å². The molecular formula is C7H3Br3N2. The highest BCUT2D eigenvalue weighted by atomic mass is 79.9. The van der Waals surface area contributed by atoms with Crippen LogP contribution in [-0.4, -0.2) is 4.98 Å². The molecule has 0 aliphatic rings. The minimum Gasteiger partial charge on any atom is -0.257 e. The summed E-state index contributed by atoms with van der Waals surface area (Å²) in [5.41, 5.74) is 0.695. The quantitative estimate of drug-likeness (QED) is 0.723. The highest BCUT2D eigenvalue weighted by Gasteiger charge is 2.11. The average Bonchev–Trinajstić information content (AvgIpc) is 2.03. The van der Waals surface area contributed by atoms with E-state index in [-0.39, 0.29) is 4.83 Å². The van der Waals surface area contributed by atoms with E-state index in [1.807, 2.05) is 6.07 Å². The maximum absolute atomic E-state index is 8.61. The van der Waals surface area contributed by atoms with Gasteiger partial charge in [0.05, 0.1) is 11.8 Å². The number of nitriles is 1. The van der Waals surface area contributed by atoms with Crippen molar-refractivity contribution in [3.8, 4) is 6.07 Å². The molecule has 0 saturated carbocycles. The van der Waals surface area contributed by atoms with Crippen LogP contribution < -0.4 is 0 Å². The molecule has 0 bridgehead atoms. The van der Waals surface area contributed by atoms with Crippen molar-refractivity contribution >= 4 is 47.8 Å². The summed E-state index contributed by atoms with van der Waals surface area (Å²) in [6, 6.07) is 3.91. The van der Waals surface area contributed by atoms with Crippen molar-refractivity contribution in [1.29, 1.82) is 5.26 Å². The zero-order valence-electron chi connectivity index (χ0n) is 5.76. The van der Waals surface area contributed by atoms with Gasteiger partial charge in [0.2, 0.25) is 0 Å². The predicted octanol–water partition coefficient (Wildman–Crippen LogP) is 3.57. The van der Waals surface area contributed by atoms with E-state index in [1.54, 1.807) is 6.20 Å². The molecule has 2 nitrogen and oxygen atoms in total. The van der Waals surface area contributed by atoms with Crippen LogP contribution in [0.4, 0.5) is 0 Å². The summed E-state index contributed by atoms with van der Waals surface area (Å²) < 4.78 is 1.70. The summed E-state index contributed by atoms with van der Waals surface area (Å²) in [6.45, 7) is 0. The maximum Gasteiger partial charge on any atom is 0.144 e. The Morgan fingerprint density at radius 1 is 1.50 bits per heavy atom. The molecule has 5 heteroatoms. The normalized spacial score (nSPS) is 12.2. The molecule has 0 fully saturated rings. The van der Waals surface area contributed by atoms with E-state index in [0.29, 0.717) is 5.69 Å². The third-order valence-corrected chi connectivity index (χ3v) is 2.90. The van der Waals surface area contributed by atoms with Gasteiger partial charge >= 0.3 is 0 Å². The Labute approximate surface area is 95.4 Å². The number of hydrogen-bond donors (Lipinski definition) is 0.